The Morgan fingerprint density at radius 3 is 0.838 bits per heavy atom. The molecule has 0 bridgehead atoms. The van der Waals surface area contributed by atoms with E-state index in [1.165, 1.54) is 0 Å². The van der Waals surface area contributed by atoms with E-state index in [2.05, 4.69) is 31.9 Å². The summed E-state index contributed by atoms with van der Waals surface area (Å²) in [6.07, 6.45) is 1.54. The van der Waals surface area contributed by atoms with Gasteiger partial charge in [0.1, 0.15) is 37.4 Å². The van der Waals surface area contributed by atoms with Crippen LogP contribution in [0.4, 0.5) is 17.1 Å². The molecule has 0 spiro atoms. The molecule has 21 nitrogen and oxygen atoms in total. The van der Waals surface area contributed by atoms with Gasteiger partial charge < -0.3 is 64.4 Å². The van der Waals surface area contributed by atoms with Crippen molar-refractivity contribution >= 4 is 82.8 Å². The quantitative estimate of drug-likeness (QED) is 0.0259. The Morgan fingerprint density at radius 1 is 0.397 bits per heavy atom. The Labute approximate surface area is 399 Å². The number of nitrogens with one attached hydrogen (secondary N) is 6. The topological polar surface area (TPSA) is 365 Å². The third kappa shape index (κ3) is 20.7. The maximum absolute atomic E-state index is 13.3. The van der Waals surface area contributed by atoms with Crippen molar-refractivity contribution in [2.24, 2.45) is 17.2 Å². The molecule has 6 amide bonds. The molecule has 15 N–H and O–H groups in total. The summed E-state index contributed by atoms with van der Waals surface area (Å²) in [7, 11) is 0. The van der Waals surface area contributed by atoms with E-state index in [0.29, 0.717) is 75.2 Å². The first kappa shape index (κ1) is 57.2. The van der Waals surface area contributed by atoms with Crippen LogP contribution >= 0.6 is 12.4 Å². The molecule has 0 aliphatic rings. The fourth-order valence-corrected chi connectivity index (χ4v) is 6.98. The molecule has 3 rings (SSSR count). The molecule has 68 heavy (non-hydrogen) atoms. The van der Waals surface area contributed by atoms with Crippen molar-refractivity contribution in [3.05, 3.63) is 89.5 Å². The van der Waals surface area contributed by atoms with Crippen LogP contribution in [0.15, 0.2) is 72.8 Å². The van der Waals surface area contributed by atoms with Gasteiger partial charge in [0.2, 0.25) is 35.4 Å². The van der Waals surface area contributed by atoms with E-state index >= 15 is 0 Å². The first-order chi connectivity index (χ1) is 32.0. The zero-order valence-electron chi connectivity index (χ0n) is 37.5. The zero-order chi connectivity index (χ0) is 49.3. The molecule has 0 aliphatic carbocycles. The summed E-state index contributed by atoms with van der Waals surface area (Å²) in [4.78, 5) is 110. The lowest BCUT2D eigenvalue weighted by molar-refractivity contribution is -0.143. The fourth-order valence-electron chi connectivity index (χ4n) is 6.98. The third-order valence-corrected chi connectivity index (χ3v) is 10.3. The van der Waals surface area contributed by atoms with Crippen molar-refractivity contribution in [2.45, 2.75) is 101 Å². The van der Waals surface area contributed by atoms with Gasteiger partial charge in [0.15, 0.2) is 0 Å². The summed E-state index contributed by atoms with van der Waals surface area (Å²) < 4.78 is 0. The minimum Gasteiger partial charge on any atom is -0.481 e. The van der Waals surface area contributed by atoms with Gasteiger partial charge in [-0.2, -0.15) is 0 Å². The summed E-state index contributed by atoms with van der Waals surface area (Å²) in [6.45, 7) is 1.10. The van der Waals surface area contributed by atoms with E-state index in [1.807, 2.05) is 0 Å². The van der Waals surface area contributed by atoms with Crippen LogP contribution in [-0.4, -0.2) is 106 Å². The number of unbranched alkanes of at least 4 members (excludes halogenated alkanes) is 3. The molecule has 3 aromatic rings. The van der Waals surface area contributed by atoms with Crippen molar-refractivity contribution < 1.29 is 58.5 Å². The number of carboxylic acid groups (broad SMARTS) is 3. The summed E-state index contributed by atoms with van der Waals surface area (Å²) in [5.74, 6) is -8.62. The van der Waals surface area contributed by atoms with Crippen molar-refractivity contribution in [1.82, 2.24) is 16.0 Å². The van der Waals surface area contributed by atoms with Gasteiger partial charge >= 0.3 is 17.9 Å². The average Bonchev–Trinajstić information content (AvgIpc) is 3.26. The van der Waals surface area contributed by atoms with Gasteiger partial charge in [0.25, 0.3) is 0 Å². The Bertz CT molecular complexity index is 1920. The first-order valence-corrected chi connectivity index (χ1v) is 21.9. The molecule has 370 valence electrons. The number of aliphatic carboxylic acids is 3. The van der Waals surface area contributed by atoms with Gasteiger partial charge in [0, 0.05) is 23.0 Å². The Balaban J connectivity index is 0.0000159. The highest BCUT2D eigenvalue weighted by atomic mass is 35.5. The number of nitrogens with two attached hydrogens (primary N) is 3. The van der Waals surface area contributed by atoms with E-state index < -0.39 is 96.7 Å². The van der Waals surface area contributed by atoms with Gasteiger partial charge in [0.05, 0.1) is 0 Å². The van der Waals surface area contributed by atoms with Gasteiger partial charge in [-0.1, -0.05) is 36.4 Å². The molecule has 0 radical (unpaired) electrons. The molecule has 0 aromatic heterocycles. The van der Waals surface area contributed by atoms with Crippen molar-refractivity contribution in [3.63, 3.8) is 0 Å². The fraction of sp³-hybridized carbons (Fsp3) is 0.413. The molecule has 22 heteroatoms. The summed E-state index contributed by atoms with van der Waals surface area (Å²) in [5, 5.41) is 42.9. The first-order valence-electron chi connectivity index (χ1n) is 21.9. The van der Waals surface area contributed by atoms with Crippen LogP contribution in [0.2, 0.25) is 0 Å². The lowest BCUT2D eigenvalue weighted by atomic mass is 9.85. The van der Waals surface area contributed by atoms with E-state index in [4.69, 9.17) is 32.5 Å². The molecule has 0 fully saturated rings. The number of benzene rings is 3. The van der Waals surface area contributed by atoms with E-state index in [9.17, 15) is 43.2 Å². The lowest BCUT2D eigenvalue weighted by Gasteiger charge is -2.22. The normalized spacial score (nSPS) is 12.0. The Morgan fingerprint density at radius 2 is 0.632 bits per heavy atom. The third-order valence-electron chi connectivity index (χ3n) is 10.3. The average molecular weight is 969 g/mol. The second-order valence-corrected chi connectivity index (χ2v) is 15.7. The predicted molar refractivity (Wildman–Crippen MR) is 255 cm³/mol. The predicted octanol–water partition coefficient (Wildman–Crippen LogP) is 2.37. The SMILES string of the molecule is Cl.NCCCC[C@@H](NC(=O)CC(=O)O)C(=O)Nc1ccc(C(c2ccc(NC(=O)[C@@H](CCCCN)NC(=O)CC(=O)O)cc2)c2ccc(NC(=O)[C@@H](CCCCN)NC(=O)CC(=O)O)cc2)cc1. The molecular formula is C46H62ClN9O12. The number of amides is 6. The smallest absolute Gasteiger partial charge is 0.312 e. The second kappa shape index (κ2) is 30.4. The highest BCUT2D eigenvalue weighted by Gasteiger charge is 2.26. The zero-order valence-corrected chi connectivity index (χ0v) is 38.3. The summed E-state index contributed by atoms with van der Waals surface area (Å²) in [5.41, 5.74) is 20.2. The summed E-state index contributed by atoms with van der Waals surface area (Å²) in [6, 6.07) is 17.5. The molecule has 3 aromatic carbocycles. The summed E-state index contributed by atoms with van der Waals surface area (Å²) >= 11 is 0. The molecule has 0 saturated carbocycles. The van der Waals surface area contributed by atoms with Crippen LogP contribution in [-0.2, 0) is 43.2 Å². The maximum atomic E-state index is 13.3. The molecule has 0 aliphatic heterocycles. The standard InChI is InChI=1S/C46H61N9O12.ClH/c47-22-4-1-7-34(53-37(56)25-40(59)60)44(65)50-31-16-10-28(11-17-31)43(29-12-18-32(19-13-29)51-45(66)35(8-2-5-23-48)54-38(57)26-41(61)62)30-14-20-33(21-15-30)52-46(67)36(9-3-6-24-49)55-39(58)27-42(63)64;/h10-21,34-36,43H,1-9,22-27,47-49H2,(H,50,65)(H,51,66)(H,52,67)(H,53,56)(H,54,57)(H,55,58)(H,59,60)(H,61,62)(H,63,64);1H/t34-,35-,36-;/m1./s1. The van der Waals surface area contributed by atoms with Crippen LogP contribution < -0.4 is 49.1 Å². The number of rotatable bonds is 30. The number of carbonyl (C=O) groups is 9. The monoisotopic (exact) mass is 967 g/mol. The van der Waals surface area contributed by atoms with Crippen molar-refractivity contribution in [3.8, 4) is 0 Å². The molecule has 0 unspecified atom stereocenters. The minimum absolute atomic E-state index is 0. The Kier molecular flexibility index (Phi) is 25.5. The highest BCUT2D eigenvalue weighted by Crippen LogP contribution is 2.34. The number of carboxylic acids is 3. The maximum Gasteiger partial charge on any atom is 0.312 e. The van der Waals surface area contributed by atoms with Gasteiger partial charge in [-0.15, -0.1) is 12.4 Å². The van der Waals surface area contributed by atoms with E-state index in [0.717, 1.165) is 16.7 Å². The minimum atomic E-state index is -1.34. The molecular weight excluding hydrogens is 906 g/mol. The number of anilines is 3. The number of hydrogen-bond acceptors (Lipinski definition) is 12. The van der Waals surface area contributed by atoms with E-state index in [1.54, 1.807) is 72.8 Å². The number of carbonyl (C=O) groups excluding carboxylic acids is 6. The second-order valence-electron chi connectivity index (χ2n) is 15.7. The van der Waals surface area contributed by atoms with Gasteiger partial charge in [-0.25, -0.2) is 0 Å². The number of halogens is 1. The van der Waals surface area contributed by atoms with Crippen LogP contribution in [0.25, 0.3) is 0 Å². The van der Waals surface area contributed by atoms with Crippen LogP contribution in [0.5, 0.6) is 0 Å². The lowest BCUT2D eigenvalue weighted by Crippen LogP contribution is -2.44. The highest BCUT2D eigenvalue weighted by molar-refractivity contribution is 6.02. The van der Waals surface area contributed by atoms with Crippen molar-refractivity contribution in [2.75, 3.05) is 35.6 Å². The van der Waals surface area contributed by atoms with Gasteiger partial charge in [-0.05, 0) is 131 Å². The molecule has 0 saturated heterocycles. The van der Waals surface area contributed by atoms with Crippen molar-refractivity contribution in [1.29, 1.82) is 0 Å². The van der Waals surface area contributed by atoms with E-state index in [-0.39, 0.29) is 31.7 Å². The van der Waals surface area contributed by atoms with Crippen LogP contribution in [0, 0.1) is 0 Å². The molecule has 0 heterocycles. The Hall–Kier alpha value is -6.94. The van der Waals surface area contributed by atoms with Crippen LogP contribution in [0.3, 0.4) is 0 Å². The molecule has 3 atom stereocenters. The largest absolute Gasteiger partial charge is 0.481 e. The number of hydrogen-bond donors (Lipinski definition) is 12. The van der Waals surface area contributed by atoms with Crippen LogP contribution in [0.1, 0.15) is 99.7 Å². The van der Waals surface area contributed by atoms with Gasteiger partial charge in [-0.3, -0.25) is 43.2 Å².